The summed E-state index contributed by atoms with van der Waals surface area (Å²) in [5, 5.41) is 0. The van der Waals surface area contributed by atoms with Gasteiger partial charge in [-0.05, 0) is 20.8 Å². The second-order valence-corrected chi connectivity index (χ2v) is 5.48. The van der Waals surface area contributed by atoms with E-state index >= 15 is 0 Å². The van der Waals surface area contributed by atoms with Crippen LogP contribution in [0.3, 0.4) is 0 Å². The summed E-state index contributed by atoms with van der Waals surface area (Å²) in [6, 6.07) is -0.787. The molecule has 0 radical (unpaired) electrons. The van der Waals surface area contributed by atoms with Crippen LogP contribution in [0.5, 0.6) is 0 Å². The molecule has 0 spiro atoms. The Kier molecular flexibility index (Phi) is 7.04. The van der Waals surface area contributed by atoms with Gasteiger partial charge in [-0.3, -0.25) is 4.90 Å². The van der Waals surface area contributed by atoms with Crippen molar-refractivity contribution in [2.75, 3.05) is 13.7 Å². The summed E-state index contributed by atoms with van der Waals surface area (Å²) in [4.78, 5) is 25.5. The molecule has 0 aromatic heterocycles. The van der Waals surface area contributed by atoms with Gasteiger partial charge in [0.1, 0.15) is 11.6 Å². The van der Waals surface area contributed by atoms with Gasteiger partial charge in [-0.1, -0.05) is 19.1 Å². The molecule has 5 heteroatoms. The maximum atomic E-state index is 12.2. The molecule has 0 aromatic rings. The van der Waals surface area contributed by atoms with Gasteiger partial charge < -0.3 is 9.47 Å². The first-order chi connectivity index (χ1) is 9.17. The van der Waals surface area contributed by atoms with E-state index in [0.717, 1.165) is 0 Å². The van der Waals surface area contributed by atoms with Gasteiger partial charge in [0, 0.05) is 12.5 Å². The minimum Gasteiger partial charge on any atom is -0.467 e. The quantitative estimate of drug-likeness (QED) is 0.555. The van der Waals surface area contributed by atoms with Gasteiger partial charge in [-0.2, -0.15) is 0 Å². The van der Waals surface area contributed by atoms with E-state index in [0.29, 0.717) is 0 Å². The van der Waals surface area contributed by atoms with Crippen LogP contribution < -0.4 is 0 Å². The number of esters is 1. The number of carbonyl (C=O) groups is 2. The van der Waals surface area contributed by atoms with Crippen molar-refractivity contribution in [3.8, 4) is 0 Å². The molecule has 0 aliphatic heterocycles. The van der Waals surface area contributed by atoms with Crippen molar-refractivity contribution in [2.24, 2.45) is 5.92 Å². The third kappa shape index (κ3) is 5.47. The molecule has 1 amide bonds. The van der Waals surface area contributed by atoms with Crippen molar-refractivity contribution in [3.63, 3.8) is 0 Å². The molecule has 2 atom stereocenters. The zero-order valence-corrected chi connectivity index (χ0v) is 13.0. The van der Waals surface area contributed by atoms with Crippen LogP contribution in [-0.4, -0.2) is 42.3 Å². The first-order valence-electron chi connectivity index (χ1n) is 6.48. The number of amides is 1. The number of ether oxygens (including phenoxy) is 2. The van der Waals surface area contributed by atoms with Crippen LogP contribution in [0.1, 0.15) is 27.7 Å². The number of hydrogen-bond donors (Lipinski definition) is 0. The topological polar surface area (TPSA) is 55.8 Å². The van der Waals surface area contributed by atoms with Crippen molar-refractivity contribution >= 4 is 12.1 Å². The van der Waals surface area contributed by atoms with Crippen LogP contribution in [0, 0.1) is 5.92 Å². The van der Waals surface area contributed by atoms with E-state index in [9.17, 15) is 9.59 Å². The van der Waals surface area contributed by atoms with Gasteiger partial charge in [-0.15, -0.1) is 13.2 Å². The first kappa shape index (κ1) is 18.2. The van der Waals surface area contributed by atoms with E-state index in [4.69, 9.17) is 9.47 Å². The summed E-state index contributed by atoms with van der Waals surface area (Å²) in [6.07, 6.45) is 2.55. The molecule has 0 aromatic carbocycles. The van der Waals surface area contributed by atoms with Gasteiger partial charge in [0.05, 0.1) is 7.11 Å². The summed E-state index contributed by atoms with van der Waals surface area (Å²) < 4.78 is 10.1. The average molecular weight is 283 g/mol. The summed E-state index contributed by atoms with van der Waals surface area (Å²) >= 11 is 0. The zero-order valence-electron chi connectivity index (χ0n) is 13.0. The lowest BCUT2D eigenvalue weighted by atomic mass is 10.0. The van der Waals surface area contributed by atoms with E-state index in [1.165, 1.54) is 18.1 Å². The maximum Gasteiger partial charge on any atom is 0.411 e. The molecular weight excluding hydrogens is 258 g/mol. The highest BCUT2D eigenvalue weighted by molar-refractivity contribution is 5.82. The van der Waals surface area contributed by atoms with E-state index in [2.05, 4.69) is 13.2 Å². The molecule has 0 saturated heterocycles. The van der Waals surface area contributed by atoms with Gasteiger partial charge in [0.25, 0.3) is 0 Å². The molecule has 0 unspecified atom stereocenters. The molecule has 0 rings (SSSR count). The smallest absolute Gasteiger partial charge is 0.411 e. The maximum absolute atomic E-state index is 12.2. The Morgan fingerprint density at radius 3 is 2.20 bits per heavy atom. The van der Waals surface area contributed by atoms with Crippen molar-refractivity contribution in [1.29, 1.82) is 0 Å². The monoisotopic (exact) mass is 283 g/mol. The second-order valence-electron chi connectivity index (χ2n) is 5.48. The number of rotatable bonds is 6. The summed E-state index contributed by atoms with van der Waals surface area (Å²) in [5.41, 5.74) is -0.644. The average Bonchev–Trinajstić information content (AvgIpc) is 2.35. The minimum atomic E-state index is -0.787. The Balaban J connectivity index is 5.36. The van der Waals surface area contributed by atoms with Crippen LogP contribution in [0.4, 0.5) is 4.79 Å². The molecule has 0 N–H and O–H groups in total. The number of carbonyl (C=O) groups excluding carboxylic acids is 2. The van der Waals surface area contributed by atoms with Gasteiger partial charge in [0.2, 0.25) is 0 Å². The highest BCUT2D eigenvalue weighted by Gasteiger charge is 2.35. The predicted molar refractivity (Wildman–Crippen MR) is 78.3 cm³/mol. The fraction of sp³-hybridized carbons (Fsp3) is 0.600. The molecule has 0 aliphatic rings. The van der Waals surface area contributed by atoms with Crippen LogP contribution in [0.25, 0.3) is 0 Å². The molecule has 5 nitrogen and oxygen atoms in total. The molecular formula is C15H25NO4. The lowest BCUT2D eigenvalue weighted by Crippen LogP contribution is -2.50. The standard InChI is InChI=1S/C15H25NO4/c1-8-10-16(14(18)20-15(4,5)6)12(11(3)9-2)13(17)19-7/h8-9,11-12H,1-2,10H2,3-7H3/t11-,12+/m1/s1. The highest BCUT2D eigenvalue weighted by Crippen LogP contribution is 2.18. The van der Waals surface area contributed by atoms with Crippen LogP contribution >= 0.6 is 0 Å². The summed E-state index contributed by atoms with van der Waals surface area (Å²) in [5.74, 6) is -0.778. The van der Waals surface area contributed by atoms with E-state index in [1.807, 2.05) is 0 Å². The van der Waals surface area contributed by atoms with Crippen molar-refractivity contribution in [1.82, 2.24) is 4.90 Å². The molecule has 0 saturated carbocycles. The van der Waals surface area contributed by atoms with Gasteiger partial charge >= 0.3 is 12.1 Å². The first-order valence-corrected chi connectivity index (χ1v) is 6.48. The molecule has 0 aliphatic carbocycles. The fourth-order valence-electron chi connectivity index (χ4n) is 1.64. The van der Waals surface area contributed by atoms with Crippen LogP contribution in [0.2, 0.25) is 0 Å². The lowest BCUT2D eigenvalue weighted by Gasteiger charge is -2.33. The second kappa shape index (κ2) is 7.72. The third-order valence-electron chi connectivity index (χ3n) is 2.60. The Morgan fingerprint density at radius 1 is 1.30 bits per heavy atom. The predicted octanol–water partition coefficient (Wildman–Crippen LogP) is 2.77. The molecule has 0 fully saturated rings. The Hall–Kier alpha value is -1.78. The molecule has 114 valence electrons. The summed E-state index contributed by atoms with van der Waals surface area (Å²) in [6.45, 7) is 14.5. The third-order valence-corrected chi connectivity index (χ3v) is 2.60. The Labute approximate surface area is 121 Å². The number of nitrogens with zero attached hydrogens (tertiary/aromatic N) is 1. The molecule has 0 heterocycles. The largest absolute Gasteiger partial charge is 0.467 e. The minimum absolute atomic E-state index is 0.187. The van der Waals surface area contributed by atoms with Crippen molar-refractivity contribution in [3.05, 3.63) is 25.3 Å². The van der Waals surface area contributed by atoms with Crippen LogP contribution in [0.15, 0.2) is 25.3 Å². The normalized spacial score (nSPS) is 13.8. The lowest BCUT2D eigenvalue weighted by molar-refractivity contribution is -0.147. The van der Waals surface area contributed by atoms with Crippen molar-refractivity contribution < 1.29 is 19.1 Å². The molecule has 20 heavy (non-hydrogen) atoms. The van der Waals surface area contributed by atoms with Gasteiger partial charge in [0.15, 0.2) is 0 Å². The highest BCUT2D eigenvalue weighted by atomic mass is 16.6. The van der Waals surface area contributed by atoms with Gasteiger partial charge in [-0.25, -0.2) is 9.59 Å². The fourth-order valence-corrected chi connectivity index (χ4v) is 1.64. The Morgan fingerprint density at radius 2 is 1.85 bits per heavy atom. The van der Waals surface area contributed by atoms with E-state index in [1.54, 1.807) is 33.8 Å². The number of methoxy groups -OCH3 is 1. The van der Waals surface area contributed by atoms with Crippen molar-refractivity contribution in [2.45, 2.75) is 39.3 Å². The van der Waals surface area contributed by atoms with Crippen LogP contribution in [-0.2, 0) is 14.3 Å². The number of hydrogen-bond acceptors (Lipinski definition) is 4. The zero-order chi connectivity index (χ0) is 15.9. The summed E-state index contributed by atoms with van der Waals surface area (Å²) in [7, 11) is 1.28. The van der Waals surface area contributed by atoms with E-state index in [-0.39, 0.29) is 12.5 Å². The molecule has 0 bridgehead atoms. The van der Waals surface area contributed by atoms with E-state index < -0.39 is 23.7 Å². The Bertz CT molecular complexity index is 371. The SMILES string of the molecule is C=CCN(C(=O)OC(C)(C)C)[C@H](C(=O)OC)[C@H](C)C=C.